The van der Waals surface area contributed by atoms with Gasteiger partial charge in [-0.2, -0.15) is 5.10 Å². The van der Waals surface area contributed by atoms with E-state index < -0.39 is 0 Å². The average Bonchev–Trinajstić information content (AvgIpc) is 3.23. The van der Waals surface area contributed by atoms with E-state index in [1.807, 2.05) is 42.5 Å². The van der Waals surface area contributed by atoms with Crippen LogP contribution in [0, 0.1) is 0 Å². The summed E-state index contributed by atoms with van der Waals surface area (Å²) in [6.07, 6.45) is 5.06. The van der Waals surface area contributed by atoms with Crippen LogP contribution in [0.25, 0.3) is 16.7 Å². The van der Waals surface area contributed by atoms with Crippen molar-refractivity contribution in [1.29, 1.82) is 0 Å². The van der Waals surface area contributed by atoms with Gasteiger partial charge in [-0.15, -0.1) is 0 Å². The summed E-state index contributed by atoms with van der Waals surface area (Å²) < 4.78 is 1.55. The van der Waals surface area contributed by atoms with Crippen LogP contribution in [0.2, 0.25) is 0 Å². The standard InChI is InChI=1S/C23H24N6O2/c1-3-4-13-28(2)17-11-9-16(10-12-17)22(30)27-19-7-5-6-8-20(19)29-21-18(14-26-29)23(31)25-15-24-21/h5-12,14-15H,3-4,13H2,1-2H3,(H,27,30)(H,24,25,31). The highest BCUT2D eigenvalue weighted by atomic mass is 16.1. The summed E-state index contributed by atoms with van der Waals surface area (Å²) in [7, 11) is 2.05. The summed E-state index contributed by atoms with van der Waals surface area (Å²) in [4.78, 5) is 33.8. The number of para-hydroxylation sites is 2. The molecule has 0 saturated heterocycles. The second kappa shape index (κ2) is 8.83. The molecule has 0 aliphatic heterocycles. The van der Waals surface area contributed by atoms with Gasteiger partial charge in [-0.3, -0.25) is 9.59 Å². The molecule has 31 heavy (non-hydrogen) atoms. The SMILES string of the molecule is CCCCN(C)c1ccc(C(=O)Nc2ccccc2-n2ncc3c(=O)[nH]cnc32)cc1. The number of amides is 1. The lowest BCUT2D eigenvalue weighted by Crippen LogP contribution is -2.19. The average molecular weight is 416 g/mol. The third-order valence-electron chi connectivity index (χ3n) is 5.17. The van der Waals surface area contributed by atoms with Crippen molar-refractivity contribution in [2.45, 2.75) is 19.8 Å². The molecule has 2 aromatic carbocycles. The van der Waals surface area contributed by atoms with Gasteiger partial charge in [0.25, 0.3) is 11.5 Å². The number of nitrogens with zero attached hydrogens (tertiary/aromatic N) is 4. The van der Waals surface area contributed by atoms with E-state index in [4.69, 9.17) is 0 Å². The molecule has 8 nitrogen and oxygen atoms in total. The van der Waals surface area contributed by atoms with E-state index in [0.717, 1.165) is 25.1 Å². The Morgan fingerprint density at radius 2 is 1.94 bits per heavy atom. The highest BCUT2D eigenvalue weighted by Crippen LogP contribution is 2.23. The second-order valence-electron chi connectivity index (χ2n) is 7.32. The molecule has 2 N–H and O–H groups in total. The van der Waals surface area contributed by atoms with Gasteiger partial charge < -0.3 is 15.2 Å². The molecule has 158 valence electrons. The highest BCUT2D eigenvalue weighted by molar-refractivity contribution is 6.05. The molecule has 0 saturated carbocycles. The van der Waals surface area contributed by atoms with E-state index >= 15 is 0 Å². The van der Waals surface area contributed by atoms with Gasteiger partial charge in [0.15, 0.2) is 5.65 Å². The molecular formula is C23H24N6O2. The van der Waals surface area contributed by atoms with Crippen LogP contribution in [0.15, 0.2) is 65.8 Å². The molecule has 2 heterocycles. The molecule has 4 rings (SSSR count). The quantitative estimate of drug-likeness (QED) is 0.480. The van der Waals surface area contributed by atoms with Gasteiger partial charge in [0.05, 0.1) is 23.9 Å². The first-order valence-electron chi connectivity index (χ1n) is 10.2. The van der Waals surface area contributed by atoms with Crippen molar-refractivity contribution >= 4 is 28.3 Å². The number of benzene rings is 2. The fourth-order valence-electron chi connectivity index (χ4n) is 3.38. The van der Waals surface area contributed by atoms with Gasteiger partial charge in [-0.05, 0) is 42.8 Å². The number of H-pyrrole nitrogens is 1. The first-order chi connectivity index (χ1) is 15.1. The van der Waals surface area contributed by atoms with Crippen LogP contribution in [0.4, 0.5) is 11.4 Å². The third-order valence-corrected chi connectivity index (χ3v) is 5.17. The van der Waals surface area contributed by atoms with Gasteiger partial charge in [0, 0.05) is 24.8 Å². The van der Waals surface area contributed by atoms with E-state index in [1.165, 1.54) is 12.5 Å². The number of unbranched alkanes of at least 4 members (excludes halogenated alkanes) is 1. The lowest BCUT2D eigenvalue weighted by molar-refractivity contribution is 0.102. The van der Waals surface area contributed by atoms with Crippen LogP contribution in [-0.2, 0) is 0 Å². The summed E-state index contributed by atoms with van der Waals surface area (Å²) in [5.74, 6) is -0.225. The Morgan fingerprint density at radius 3 is 2.71 bits per heavy atom. The van der Waals surface area contributed by atoms with E-state index in [-0.39, 0.29) is 11.5 Å². The zero-order valence-corrected chi connectivity index (χ0v) is 17.5. The van der Waals surface area contributed by atoms with E-state index in [9.17, 15) is 9.59 Å². The van der Waals surface area contributed by atoms with Crippen molar-refractivity contribution in [1.82, 2.24) is 19.7 Å². The number of hydrogen-bond donors (Lipinski definition) is 2. The van der Waals surface area contributed by atoms with Crippen LogP contribution in [-0.4, -0.2) is 39.2 Å². The Hall–Kier alpha value is -3.94. The van der Waals surface area contributed by atoms with Crippen LogP contribution >= 0.6 is 0 Å². The first-order valence-corrected chi connectivity index (χ1v) is 10.2. The Morgan fingerprint density at radius 1 is 1.16 bits per heavy atom. The number of carbonyl (C=O) groups excluding carboxylic acids is 1. The van der Waals surface area contributed by atoms with Crippen molar-refractivity contribution < 1.29 is 4.79 Å². The maximum absolute atomic E-state index is 12.9. The smallest absolute Gasteiger partial charge is 0.261 e. The van der Waals surface area contributed by atoms with Crippen molar-refractivity contribution in [2.75, 3.05) is 23.8 Å². The van der Waals surface area contributed by atoms with Gasteiger partial charge in [0.1, 0.15) is 5.39 Å². The van der Waals surface area contributed by atoms with Crippen LogP contribution < -0.4 is 15.8 Å². The molecule has 0 unspecified atom stereocenters. The molecular weight excluding hydrogens is 392 g/mol. The molecule has 0 bridgehead atoms. The number of aromatic nitrogens is 4. The molecule has 0 spiro atoms. The van der Waals surface area contributed by atoms with Crippen molar-refractivity contribution in [3.05, 3.63) is 77.0 Å². The lowest BCUT2D eigenvalue weighted by Gasteiger charge is -2.19. The molecule has 1 amide bonds. The predicted molar refractivity (Wildman–Crippen MR) is 122 cm³/mol. The third kappa shape index (κ3) is 4.18. The maximum atomic E-state index is 12.9. The molecule has 2 aromatic heterocycles. The summed E-state index contributed by atoms with van der Waals surface area (Å²) in [6, 6.07) is 14.8. The molecule has 4 aromatic rings. The number of nitrogens with one attached hydrogen (secondary N) is 2. The van der Waals surface area contributed by atoms with Gasteiger partial charge in [-0.25, -0.2) is 9.67 Å². The fourth-order valence-corrected chi connectivity index (χ4v) is 3.38. The number of carbonyl (C=O) groups is 1. The zero-order valence-electron chi connectivity index (χ0n) is 17.5. The Kier molecular flexibility index (Phi) is 5.79. The minimum Gasteiger partial charge on any atom is -0.375 e. The number of anilines is 2. The predicted octanol–water partition coefficient (Wildman–Crippen LogP) is 3.60. The maximum Gasteiger partial charge on any atom is 0.261 e. The van der Waals surface area contributed by atoms with Crippen LogP contribution in [0.5, 0.6) is 0 Å². The minimum absolute atomic E-state index is 0.225. The van der Waals surface area contributed by atoms with Crippen molar-refractivity contribution in [3.63, 3.8) is 0 Å². The molecule has 0 aliphatic rings. The monoisotopic (exact) mass is 416 g/mol. The fraction of sp³-hybridized carbons (Fsp3) is 0.217. The summed E-state index contributed by atoms with van der Waals surface area (Å²) in [5.41, 5.74) is 2.99. The van der Waals surface area contributed by atoms with E-state index in [1.54, 1.807) is 10.7 Å². The van der Waals surface area contributed by atoms with E-state index in [0.29, 0.717) is 28.0 Å². The summed E-state index contributed by atoms with van der Waals surface area (Å²) >= 11 is 0. The Balaban J connectivity index is 1.58. The summed E-state index contributed by atoms with van der Waals surface area (Å²) in [6.45, 7) is 3.14. The Bertz CT molecular complexity index is 1260. The molecule has 0 atom stereocenters. The van der Waals surface area contributed by atoms with Gasteiger partial charge >= 0.3 is 0 Å². The van der Waals surface area contributed by atoms with Crippen LogP contribution in [0.3, 0.4) is 0 Å². The summed E-state index contributed by atoms with van der Waals surface area (Å²) in [5, 5.41) is 7.63. The Labute approximate surface area is 179 Å². The first kappa shape index (κ1) is 20.3. The number of rotatable bonds is 7. The normalized spacial score (nSPS) is 10.9. The van der Waals surface area contributed by atoms with Crippen molar-refractivity contribution in [3.8, 4) is 5.69 Å². The minimum atomic E-state index is -0.262. The number of fused-ring (bicyclic) bond motifs is 1. The molecule has 0 radical (unpaired) electrons. The van der Waals surface area contributed by atoms with Gasteiger partial charge in [0.2, 0.25) is 0 Å². The van der Waals surface area contributed by atoms with Crippen molar-refractivity contribution in [2.24, 2.45) is 0 Å². The number of aromatic amines is 1. The zero-order chi connectivity index (χ0) is 21.8. The van der Waals surface area contributed by atoms with Crippen LogP contribution in [0.1, 0.15) is 30.1 Å². The largest absolute Gasteiger partial charge is 0.375 e. The molecule has 8 heteroatoms. The number of hydrogen-bond acceptors (Lipinski definition) is 5. The lowest BCUT2D eigenvalue weighted by atomic mass is 10.1. The topological polar surface area (TPSA) is 95.9 Å². The van der Waals surface area contributed by atoms with Gasteiger partial charge in [-0.1, -0.05) is 25.5 Å². The highest BCUT2D eigenvalue weighted by Gasteiger charge is 2.14. The molecule has 0 fully saturated rings. The molecule has 0 aliphatic carbocycles. The second-order valence-corrected chi connectivity index (χ2v) is 7.32. The van der Waals surface area contributed by atoms with E-state index in [2.05, 4.69) is 39.3 Å².